The Morgan fingerprint density at radius 1 is 1.25 bits per heavy atom. The molecule has 0 aromatic carbocycles. The van der Waals surface area contributed by atoms with Crippen molar-refractivity contribution < 1.29 is 14.3 Å². The summed E-state index contributed by atoms with van der Waals surface area (Å²) in [5.74, 6) is -0.133. The quantitative estimate of drug-likeness (QED) is 0.801. The summed E-state index contributed by atoms with van der Waals surface area (Å²) in [5.41, 5.74) is 0. The van der Waals surface area contributed by atoms with Gasteiger partial charge in [-0.1, -0.05) is 6.07 Å². The zero-order valence-corrected chi connectivity index (χ0v) is 15.1. The fourth-order valence-corrected chi connectivity index (χ4v) is 4.38. The van der Waals surface area contributed by atoms with Gasteiger partial charge in [0.05, 0.1) is 29.0 Å². The van der Waals surface area contributed by atoms with Gasteiger partial charge in [-0.2, -0.15) is 0 Å². The number of hydrogen-bond donors (Lipinski definition) is 1. The Hall–Kier alpha value is -1.54. The Morgan fingerprint density at radius 3 is 2.62 bits per heavy atom. The van der Waals surface area contributed by atoms with Gasteiger partial charge in [-0.25, -0.2) is 0 Å². The van der Waals surface area contributed by atoms with Gasteiger partial charge >= 0.3 is 0 Å². The molecule has 2 aromatic rings. The van der Waals surface area contributed by atoms with E-state index in [9.17, 15) is 9.59 Å². The number of rotatable bonds is 6. The number of nitrogens with zero attached hydrogens (tertiary/aromatic N) is 1. The molecule has 3 rings (SSSR count). The molecule has 0 radical (unpaired) electrons. The van der Waals surface area contributed by atoms with Gasteiger partial charge < -0.3 is 10.1 Å². The summed E-state index contributed by atoms with van der Waals surface area (Å²) >= 11 is 2.95. The molecule has 1 amide bonds. The first-order valence-corrected chi connectivity index (χ1v) is 9.59. The highest BCUT2D eigenvalue weighted by atomic mass is 32.1. The first-order chi connectivity index (χ1) is 11.6. The Balaban J connectivity index is 1.66. The average Bonchev–Trinajstić information content (AvgIpc) is 3.28. The number of thiophene rings is 2. The van der Waals surface area contributed by atoms with Crippen LogP contribution in [0.1, 0.15) is 37.2 Å². The average molecular weight is 364 g/mol. The topological polar surface area (TPSA) is 58.6 Å². The third-order valence-corrected chi connectivity index (χ3v) is 6.15. The van der Waals surface area contributed by atoms with E-state index < -0.39 is 0 Å². The lowest BCUT2D eigenvalue weighted by atomic mass is 10.2. The van der Waals surface area contributed by atoms with Crippen molar-refractivity contribution in [3.8, 4) is 0 Å². The highest BCUT2D eigenvalue weighted by molar-refractivity contribution is 7.16. The molecule has 1 aliphatic heterocycles. The minimum absolute atomic E-state index is 0.0103. The van der Waals surface area contributed by atoms with Gasteiger partial charge in [0, 0.05) is 24.5 Å². The number of amides is 1. The summed E-state index contributed by atoms with van der Waals surface area (Å²) < 4.78 is 5.43. The van der Waals surface area contributed by atoms with Gasteiger partial charge in [0.25, 0.3) is 5.91 Å². The van der Waals surface area contributed by atoms with Crippen molar-refractivity contribution in [2.24, 2.45) is 0 Å². The fraction of sp³-hybridized carbons (Fsp3) is 0.412. The summed E-state index contributed by atoms with van der Waals surface area (Å²) in [4.78, 5) is 28.5. The van der Waals surface area contributed by atoms with Crippen molar-refractivity contribution >= 4 is 34.4 Å². The van der Waals surface area contributed by atoms with Gasteiger partial charge in [-0.15, -0.1) is 22.7 Å². The molecule has 0 spiro atoms. The van der Waals surface area contributed by atoms with E-state index >= 15 is 0 Å². The third-order valence-electron chi connectivity index (χ3n) is 3.99. The van der Waals surface area contributed by atoms with E-state index in [1.54, 1.807) is 23.5 Å². The minimum Gasteiger partial charge on any atom is -0.379 e. The maximum absolute atomic E-state index is 12.4. The Labute approximate surface area is 149 Å². The van der Waals surface area contributed by atoms with Crippen LogP contribution >= 0.6 is 22.7 Å². The SMILES string of the molecule is CC(=O)c1ccc(C(=O)NC[C@@H](c2cccs2)N2CCOCC2)s1. The molecular weight excluding hydrogens is 344 g/mol. The Morgan fingerprint density at radius 2 is 2.00 bits per heavy atom. The van der Waals surface area contributed by atoms with Crippen LogP contribution < -0.4 is 5.32 Å². The first kappa shape index (κ1) is 17.3. The van der Waals surface area contributed by atoms with E-state index in [1.165, 1.54) is 23.1 Å². The molecule has 2 aromatic heterocycles. The summed E-state index contributed by atoms with van der Waals surface area (Å²) in [6.07, 6.45) is 0. The molecule has 0 unspecified atom stereocenters. The molecule has 1 fully saturated rings. The number of ether oxygens (including phenoxy) is 1. The fourth-order valence-electron chi connectivity index (χ4n) is 2.71. The highest BCUT2D eigenvalue weighted by Gasteiger charge is 2.24. The van der Waals surface area contributed by atoms with Crippen LogP contribution in [0.15, 0.2) is 29.6 Å². The van der Waals surface area contributed by atoms with Crippen LogP contribution in [0.2, 0.25) is 0 Å². The smallest absolute Gasteiger partial charge is 0.261 e. The molecule has 1 atom stereocenters. The predicted octanol–water partition coefficient (Wildman–Crippen LogP) is 2.82. The largest absolute Gasteiger partial charge is 0.379 e. The van der Waals surface area contributed by atoms with Gasteiger partial charge in [-0.3, -0.25) is 14.5 Å². The van der Waals surface area contributed by atoms with E-state index in [-0.39, 0.29) is 17.7 Å². The van der Waals surface area contributed by atoms with Crippen molar-refractivity contribution in [2.75, 3.05) is 32.8 Å². The van der Waals surface area contributed by atoms with Crippen molar-refractivity contribution in [3.05, 3.63) is 44.3 Å². The van der Waals surface area contributed by atoms with Gasteiger partial charge in [0.15, 0.2) is 5.78 Å². The summed E-state index contributed by atoms with van der Waals surface area (Å²) in [7, 11) is 0. The second kappa shape index (κ2) is 8.02. The standard InChI is InChI=1S/C17H20N2O3S2/c1-12(20)14-4-5-16(24-14)17(21)18-11-13(15-3-2-10-23-15)19-6-8-22-9-7-19/h2-5,10,13H,6-9,11H2,1H3,(H,18,21)/t13-/m0/s1. The molecule has 3 heterocycles. The lowest BCUT2D eigenvalue weighted by Crippen LogP contribution is -2.43. The number of ketones is 1. The van der Waals surface area contributed by atoms with Crippen molar-refractivity contribution in [3.63, 3.8) is 0 Å². The molecule has 1 N–H and O–H groups in total. The molecule has 24 heavy (non-hydrogen) atoms. The highest BCUT2D eigenvalue weighted by Crippen LogP contribution is 2.25. The molecule has 7 heteroatoms. The number of carbonyl (C=O) groups excluding carboxylic acids is 2. The zero-order valence-electron chi connectivity index (χ0n) is 13.5. The predicted molar refractivity (Wildman–Crippen MR) is 96.1 cm³/mol. The van der Waals surface area contributed by atoms with Crippen LogP contribution in [0.25, 0.3) is 0 Å². The normalized spacial score (nSPS) is 16.7. The van der Waals surface area contributed by atoms with E-state index in [2.05, 4.69) is 21.7 Å². The lowest BCUT2D eigenvalue weighted by Gasteiger charge is -2.34. The van der Waals surface area contributed by atoms with E-state index in [0.717, 1.165) is 26.3 Å². The molecule has 1 saturated heterocycles. The zero-order chi connectivity index (χ0) is 16.9. The van der Waals surface area contributed by atoms with Gasteiger partial charge in [0.1, 0.15) is 0 Å². The number of nitrogens with one attached hydrogen (secondary N) is 1. The molecule has 5 nitrogen and oxygen atoms in total. The number of hydrogen-bond acceptors (Lipinski definition) is 6. The maximum atomic E-state index is 12.4. The summed E-state index contributed by atoms with van der Waals surface area (Å²) in [6.45, 7) is 5.24. The van der Waals surface area contributed by atoms with Crippen molar-refractivity contribution in [1.29, 1.82) is 0 Å². The van der Waals surface area contributed by atoms with Gasteiger partial charge in [0.2, 0.25) is 0 Å². The first-order valence-electron chi connectivity index (χ1n) is 7.89. The maximum Gasteiger partial charge on any atom is 0.261 e. The second-order valence-electron chi connectivity index (χ2n) is 5.61. The van der Waals surface area contributed by atoms with Crippen molar-refractivity contribution in [1.82, 2.24) is 10.2 Å². The molecule has 1 aliphatic rings. The molecule has 0 aliphatic carbocycles. The van der Waals surface area contributed by atoms with E-state index in [1.807, 2.05) is 6.07 Å². The molecule has 128 valence electrons. The molecule has 0 saturated carbocycles. The van der Waals surface area contributed by atoms with Crippen molar-refractivity contribution in [2.45, 2.75) is 13.0 Å². The lowest BCUT2D eigenvalue weighted by molar-refractivity contribution is 0.0169. The molecular formula is C17H20N2O3S2. The third kappa shape index (κ3) is 4.10. The second-order valence-corrected chi connectivity index (χ2v) is 7.67. The van der Waals surface area contributed by atoms with Crippen LogP contribution in [0.3, 0.4) is 0 Å². The number of Topliss-reactive ketones (excluding diaryl/α,β-unsaturated/α-hetero) is 1. The summed E-state index contributed by atoms with van der Waals surface area (Å²) in [6, 6.07) is 7.72. The van der Waals surface area contributed by atoms with E-state index in [4.69, 9.17) is 4.74 Å². The Kier molecular flexibility index (Phi) is 5.78. The molecule has 0 bridgehead atoms. The number of carbonyl (C=O) groups is 2. The van der Waals surface area contributed by atoms with Gasteiger partial charge in [-0.05, 0) is 30.5 Å². The minimum atomic E-state index is -0.123. The van der Waals surface area contributed by atoms with Crippen LogP contribution in [0.4, 0.5) is 0 Å². The number of morpholine rings is 1. The van der Waals surface area contributed by atoms with E-state index in [0.29, 0.717) is 16.3 Å². The van der Waals surface area contributed by atoms with Crippen LogP contribution in [0, 0.1) is 0 Å². The monoisotopic (exact) mass is 364 g/mol. The van der Waals surface area contributed by atoms with Crippen LogP contribution in [-0.4, -0.2) is 49.4 Å². The Bertz CT molecular complexity index is 691. The van der Waals surface area contributed by atoms with Crippen LogP contribution in [0.5, 0.6) is 0 Å². The van der Waals surface area contributed by atoms with Crippen LogP contribution in [-0.2, 0) is 4.74 Å². The summed E-state index contributed by atoms with van der Waals surface area (Å²) in [5, 5.41) is 5.08.